The maximum absolute atomic E-state index is 12.8. The molecule has 1 saturated heterocycles. The topological polar surface area (TPSA) is 70.5 Å². The van der Waals surface area contributed by atoms with Crippen LogP contribution >= 0.6 is 24.0 Å². The van der Waals surface area contributed by atoms with Crippen LogP contribution in [0.2, 0.25) is 0 Å². The van der Waals surface area contributed by atoms with E-state index in [1.54, 1.807) is 26.1 Å². The number of benzene rings is 1. The molecule has 1 aliphatic heterocycles. The number of para-hydroxylation sites is 1. The summed E-state index contributed by atoms with van der Waals surface area (Å²) >= 11 is 6.40. The number of aliphatic carboxylic acids is 1. The van der Waals surface area contributed by atoms with Crippen molar-refractivity contribution in [2.45, 2.75) is 19.9 Å². The minimum Gasteiger partial charge on any atom is -0.480 e. The molecule has 25 heavy (non-hydrogen) atoms. The summed E-state index contributed by atoms with van der Waals surface area (Å²) in [6, 6.07) is 8.55. The number of carbonyl (C=O) groups excluding carboxylic acids is 1. The molecule has 1 aliphatic rings. The molecule has 0 radical (unpaired) electrons. The van der Waals surface area contributed by atoms with E-state index in [1.807, 2.05) is 30.3 Å². The molecule has 5 nitrogen and oxygen atoms in total. The Balaban J connectivity index is 2.02. The first-order valence-electron chi connectivity index (χ1n) is 7.73. The highest BCUT2D eigenvalue weighted by Gasteiger charge is 2.41. The van der Waals surface area contributed by atoms with E-state index in [0.29, 0.717) is 4.91 Å². The number of pyridine rings is 1. The van der Waals surface area contributed by atoms with E-state index in [2.05, 4.69) is 4.98 Å². The monoisotopic (exact) mass is 372 g/mol. The maximum Gasteiger partial charge on any atom is 0.327 e. The molecule has 1 amide bonds. The third-order valence-electron chi connectivity index (χ3n) is 3.94. The molecule has 2 aromatic rings. The zero-order valence-corrected chi connectivity index (χ0v) is 15.3. The molecule has 1 fully saturated rings. The highest BCUT2D eigenvalue weighted by molar-refractivity contribution is 8.26. The Labute approximate surface area is 154 Å². The lowest BCUT2D eigenvalue weighted by Gasteiger charge is -2.26. The van der Waals surface area contributed by atoms with Crippen molar-refractivity contribution in [1.82, 2.24) is 9.88 Å². The highest BCUT2D eigenvalue weighted by Crippen LogP contribution is 2.36. The average Bonchev–Trinajstić information content (AvgIpc) is 2.83. The van der Waals surface area contributed by atoms with Crippen molar-refractivity contribution < 1.29 is 14.7 Å². The van der Waals surface area contributed by atoms with Crippen LogP contribution in [0.5, 0.6) is 0 Å². The summed E-state index contributed by atoms with van der Waals surface area (Å²) in [6.45, 7) is 3.52. The Kier molecular flexibility index (Phi) is 4.87. The summed E-state index contributed by atoms with van der Waals surface area (Å²) in [5, 5.41) is 10.4. The fourth-order valence-electron chi connectivity index (χ4n) is 2.80. The van der Waals surface area contributed by atoms with Crippen molar-refractivity contribution in [3.63, 3.8) is 0 Å². The van der Waals surface area contributed by atoms with E-state index in [0.717, 1.165) is 28.2 Å². The van der Waals surface area contributed by atoms with Crippen LogP contribution in [0.25, 0.3) is 17.0 Å². The Morgan fingerprint density at radius 2 is 2.04 bits per heavy atom. The SMILES string of the molecule is CC(C)[C@@H](C(=O)O)N1C(=O)/C(=C/c2cccc3cccnc23)SC1=S. The van der Waals surface area contributed by atoms with E-state index >= 15 is 0 Å². The Hall–Kier alpha value is -2.25. The van der Waals surface area contributed by atoms with Gasteiger partial charge in [0.2, 0.25) is 0 Å². The molecule has 0 spiro atoms. The minimum atomic E-state index is -1.06. The van der Waals surface area contributed by atoms with Crippen molar-refractivity contribution in [3.05, 3.63) is 47.0 Å². The van der Waals surface area contributed by atoms with Crippen molar-refractivity contribution in [2.75, 3.05) is 0 Å². The number of thiocarbonyl (C=S) groups is 1. The van der Waals surface area contributed by atoms with Crippen molar-refractivity contribution >= 4 is 57.2 Å². The normalized spacial score (nSPS) is 17.7. The number of carboxylic acids is 1. The van der Waals surface area contributed by atoms with Gasteiger partial charge in [-0.15, -0.1) is 0 Å². The summed E-state index contributed by atoms with van der Waals surface area (Å²) in [4.78, 5) is 30.3. The number of hydrogen-bond acceptors (Lipinski definition) is 5. The number of carboxylic acid groups (broad SMARTS) is 1. The second-order valence-corrected chi connectivity index (χ2v) is 7.68. The fraction of sp³-hybridized carbons (Fsp3) is 0.222. The van der Waals surface area contributed by atoms with Crippen LogP contribution in [0.1, 0.15) is 19.4 Å². The van der Waals surface area contributed by atoms with Crippen LogP contribution < -0.4 is 0 Å². The lowest BCUT2D eigenvalue weighted by molar-refractivity contribution is -0.146. The van der Waals surface area contributed by atoms with Gasteiger partial charge in [0.1, 0.15) is 10.4 Å². The molecule has 1 aromatic carbocycles. The summed E-state index contributed by atoms with van der Waals surface area (Å²) in [7, 11) is 0. The number of hydrogen-bond donors (Lipinski definition) is 1. The molecule has 2 heterocycles. The first-order valence-corrected chi connectivity index (χ1v) is 8.96. The predicted octanol–water partition coefficient (Wildman–Crippen LogP) is 3.55. The fourth-order valence-corrected chi connectivity index (χ4v) is 4.12. The number of aromatic nitrogens is 1. The van der Waals surface area contributed by atoms with Crippen molar-refractivity contribution in [2.24, 2.45) is 5.92 Å². The largest absolute Gasteiger partial charge is 0.480 e. The smallest absolute Gasteiger partial charge is 0.327 e. The molecule has 3 rings (SSSR count). The van der Waals surface area contributed by atoms with Gasteiger partial charge in [0.15, 0.2) is 0 Å². The Morgan fingerprint density at radius 3 is 2.72 bits per heavy atom. The highest BCUT2D eigenvalue weighted by atomic mass is 32.2. The zero-order valence-electron chi connectivity index (χ0n) is 13.7. The molecular weight excluding hydrogens is 356 g/mol. The van der Waals surface area contributed by atoms with Crippen LogP contribution in [-0.4, -0.2) is 37.2 Å². The first kappa shape index (κ1) is 17.6. The standard InChI is InChI=1S/C18H16N2O3S2/c1-10(2)15(17(22)23)20-16(21)13(25-18(20)24)9-12-6-3-5-11-7-4-8-19-14(11)12/h3-10,15H,1-2H3,(H,22,23)/b13-9-/t15-/m0/s1. The molecule has 0 aliphatic carbocycles. The number of thioether (sulfide) groups is 1. The molecule has 7 heteroatoms. The number of rotatable bonds is 4. The van der Waals surface area contributed by atoms with Crippen LogP contribution in [0.15, 0.2) is 41.4 Å². The van der Waals surface area contributed by atoms with Gasteiger partial charge in [-0.05, 0) is 18.1 Å². The van der Waals surface area contributed by atoms with Gasteiger partial charge in [-0.1, -0.05) is 62.1 Å². The predicted molar refractivity (Wildman–Crippen MR) is 103 cm³/mol. The van der Waals surface area contributed by atoms with Gasteiger partial charge in [-0.25, -0.2) is 4.79 Å². The van der Waals surface area contributed by atoms with Crippen LogP contribution in [0, 0.1) is 5.92 Å². The van der Waals surface area contributed by atoms with Crippen LogP contribution in [0.4, 0.5) is 0 Å². The molecular formula is C18H16N2O3S2. The quantitative estimate of drug-likeness (QED) is 0.654. The van der Waals surface area contributed by atoms with E-state index < -0.39 is 12.0 Å². The Morgan fingerprint density at radius 1 is 1.32 bits per heavy atom. The third-order valence-corrected chi connectivity index (χ3v) is 5.27. The third kappa shape index (κ3) is 3.29. The average molecular weight is 372 g/mol. The minimum absolute atomic E-state index is 0.251. The number of nitrogens with zero attached hydrogens (tertiary/aromatic N) is 2. The van der Waals surface area contributed by atoms with Crippen LogP contribution in [0.3, 0.4) is 0 Å². The van der Waals surface area contributed by atoms with Gasteiger partial charge in [0.05, 0.1) is 10.4 Å². The summed E-state index contributed by atoms with van der Waals surface area (Å²) in [5.41, 5.74) is 1.59. The van der Waals surface area contributed by atoms with Crippen molar-refractivity contribution in [3.8, 4) is 0 Å². The summed E-state index contributed by atoms with van der Waals surface area (Å²) in [5.74, 6) is -1.68. The van der Waals surface area contributed by atoms with Crippen LogP contribution in [-0.2, 0) is 9.59 Å². The summed E-state index contributed by atoms with van der Waals surface area (Å²) < 4.78 is 0.269. The number of carbonyl (C=O) groups is 2. The number of fused-ring (bicyclic) bond motifs is 1. The van der Waals surface area contributed by atoms with Crippen molar-refractivity contribution in [1.29, 1.82) is 0 Å². The lowest BCUT2D eigenvalue weighted by Crippen LogP contribution is -2.47. The van der Waals surface area contributed by atoms with Gasteiger partial charge in [-0.3, -0.25) is 14.7 Å². The number of amides is 1. The Bertz CT molecular complexity index is 903. The van der Waals surface area contributed by atoms with Gasteiger partial charge in [0, 0.05) is 17.1 Å². The zero-order chi connectivity index (χ0) is 18.1. The maximum atomic E-state index is 12.8. The molecule has 1 aromatic heterocycles. The van der Waals surface area contributed by atoms with Gasteiger partial charge in [0.25, 0.3) is 5.91 Å². The van der Waals surface area contributed by atoms with Gasteiger partial charge in [-0.2, -0.15) is 0 Å². The molecule has 0 saturated carbocycles. The van der Waals surface area contributed by atoms with Gasteiger partial charge >= 0.3 is 5.97 Å². The van der Waals surface area contributed by atoms with E-state index in [1.165, 1.54) is 4.90 Å². The molecule has 1 N–H and O–H groups in total. The molecule has 0 unspecified atom stereocenters. The van der Waals surface area contributed by atoms with Gasteiger partial charge < -0.3 is 5.11 Å². The van der Waals surface area contributed by atoms with E-state index in [9.17, 15) is 14.7 Å². The summed E-state index contributed by atoms with van der Waals surface area (Å²) in [6.07, 6.45) is 3.43. The van der Waals surface area contributed by atoms with E-state index in [-0.39, 0.29) is 16.1 Å². The first-order chi connectivity index (χ1) is 11.9. The molecule has 128 valence electrons. The second kappa shape index (κ2) is 6.93. The molecule has 0 bridgehead atoms. The second-order valence-electron chi connectivity index (χ2n) is 6.00. The lowest BCUT2D eigenvalue weighted by atomic mass is 10.0. The van der Waals surface area contributed by atoms with E-state index in [4.69, 9.17) is 12.2 Å². The molecule has 1 atom stereocenters.